The molecule has 16 heavy (non-hydrogen) atoms. The predicted octanol–water partition coefficient (Wildman–Crippen LogP) is 2.97. The molecule has 1 aromatic heterocycles. The Kier molecular flexibility index (Phi) is 2.75. The van der Waals surface area contributed by atoms with E-state index in [1.165, 1.54) is 24.4 Å². The Bertz CT molecular complexity index is 595. The number of rotatable bonds is 1. The number of aromatic amines is 1. The van der Waals surface area contributed by atoms with Crippen LogP contribution in [0.1, 0.15) is 0 Å². The molecule has 1 heterocycles. The maximum Gasteiger partial charge on any atom is 0.267 e. The molecule has 0 aliphatic heterocycles. The first-order valence-corrected chi connectivity index (χ1v) is 4.80. The standard InChI is InChI=1S/C11H6ClF2NO/c12-9-6(4-5-15-11(9)16)7-2-1-3-8(13)10(7)14/h1-5H,(H,15,16). The van der Waals surface area contributed by atoms with Crippen LogP contribution in [-0.4, -0.2) is 4.98 Å². The average Bonchev–Trinajstić information content (AvgIpc) is 2.27. The number of aromatic nitrogens is 1. The zero-order valence-electron chi connectivity index (χ0n) is 7.93. The van der Waals surface area contributed by atoms with E-state index >= 15 is 0 Å². The fourth-order valence-corrected chi connectivity index (χ4v) is 1.60. The van der Waals surface area contributed by atoms with Crippen molar-refractivity contribution in [1.82, 2.24) is 4.98 Å². The fraction of sp³-hybridized carbons (Fsp3) is 0. The zero-order chi connectivity index (χ0) is 11.7. The molecule has 0 radical (unpaired) electrons. The Balaban J connectivity index is 2.73. The molecule has 0 saturated carbocycles. The monoisotopic (exact) mass is 241 g/mol. The van der Waals surface area contributed by atoms with Crippen LogP contribution in [-0.2, 0) is 0 Å². The average molecular weight is 242 g/mol. The van der Waals surface area contributed by atoms with Crippen LogP contribution in [0.3, 0.4) is 0 Å². The van der Waals surface area contributed by atoms with Gasteiger partial charge in [0.05, 0.1) is 0 Å². The van der Waals surface area contributed by atoms with Crippen LogP contribution in [0.2, 0.25) is 5.02 Å². The largest absolute Gasteiger partial charge is 0.328 e. The minimum absolute atomic E-state index is 0.0314. The lowest BCUT2D eigenvalue weighted by Crippen LogP contribution is -2.06. The summed E-state index contributed by atoms with van der Waals surface area (Å²) in [7, 11) is 0. The lowest BCUT2D eigenvalue weighted by molar-refractivity contribution is 0.511. The van der Waals surface area contributed by atoms with Gasteiger partial charge >= 0.3 is 0 Å². The van der Waals surface area contributed by atoms with E-state index in [2.05, 4.69) is 4.98 Å². The maximum absolute atomic E-state index is 13.5. The molecule has 2 aromatic rings. The van der Waals surface area contributed by atoms with Gasteiger partial charge in [0.25, 0.3) is 5.56 Å². The summed E-state index contributed by atoms with van der Waals surface area (Å²) in [5.74, 6) is -2.00. The van der Waals surface area contributed by atoms with Crippen LogP contribution in [0.4, 0.5) is 8.78 Å². The van der Waals surface area contributed by atoms with Gasteiger partial charge in [0, 0.05) is 17.3 Å². The van der Waals surface area contributed by atoms with E-state index in [1.807, 2.05) is 0 Å². The minimum Gasteiger partial charge on any atom is -0.328 e. The SMILES string of the molecule is O=c1[nH]ccc(-c2cccc(F)c2F)c1Cl. The summed E-state index contributed by atoms with van der Waals surface area (Å²) in [6, 6.07) is 5.13. The summed E-state index contributed by atoms with van der Waals surface area (Å²) in [5, 5.41) is -0.160. The highest BCUT2D eigenvalue weighted by Gasteiger charge is 2.13. The van der Waals surface area contributed by atoms with Gasteiger partial charge in [0.1, 0.15) is 5.02 Å². The number of halogens is 3. The van der Waals surface area contributed by atoms with Gasteiger partial charge in [0.2, 0.25) is 0 Å². The van der Waals surface area contributed by atoms with Crippen LogP contribution >= 0.6 is 11.6 Å². The highest BCUT2D eigenvalue weighted by atomic mass is 35.5. The highest BCUT2D eigenvalue weighted by Crippen LogP contribution is 2.27. The normalized spacial score (nSPS) is 10.4. The topological polar surface area (TPSA) is 32.9 Å². The van der Waals surface area contributed by atoms with Crippen molar-refractivity contribution in [3.8, 4) is 11.1 Å². The first kappa shape index (κ1) is 10.8. The molecule has 0 atom stereocenters. The van der Waals surface area contributed by atoms with E-state index in [4.69, 9.17) is 11.6 Å². The van der Waals surface area contributed by atoms with Gasteiger partial charge in [-0.05, 0) is 12.1 Å². The second kappa shape index (κ2) is 4.06. The molecule has 1 aromatic carbocycles. The molecule has 0 saturated heterocycles. The molecular formula is C11H6ClF2NO. The Hall–Kier alpha value is -1.68. The Morgan fingerprint density at radius 1 is 1.12 bits per heavy atom. The molecule has 82 valence electrons. The third-order valence-corrected chi connectivity index (χ3v) is 2.52. The van der Waals surface area contributed by atoms with Crippen LogP contribution in [0.15, 0.2) is 35.3 Å². The molecule has 0 unspecified atom stereocenters. The molecule has 0 aliphatic carbocycles. The number of hydrogen-bond donors (Lipinski definition) is 1. The number of benzene rings is 1. The molecule has 0 aliphatic rings. The second-order valence-corrected chi connectivity index (χ2v) is 3.51. The predicted molar refractivity (Wildman–Crippen MR) is 57.4 cm³/mol. The minimum atomic E-state index is -1.02. The van der Waals surface area contributed by atoms with Gasteiger partial charge in [-0.3, -0.25) is 4.79 Å². The van der Waals surface area contributed by atoms with Crippen molar-refractivity contribution in [2.75, 3.05) is 0 Å². The van der Waals surface area contributed by atoms with Gasteiger partial charge in [-0.15, -0.1) is 0 Å². The van der Waals surface area contributed by atoms with Gasteiger partial charge < -0.3 is 4.98 Å². The zero-order valence-corrected chi connectivity index (χ0v) is 8.68. The summed E-state index contributed by atoms with van der Waals surface area (Å²) < 4.78 is 26.4. The summed E-state index contributed by atoms with van der Waals surface area (Å²) in [5.41, 5.74) is -0.402. The Morgan fingerprint density at radius 2 is 1.88 bits per heavy atom. The molecular weight excluding hydrogens is 236 g/mol. The Morgan fingerprint density at radius 3 is 2.62 bits per heavy atom. The van der Waals surface area contributed by atoms with Crippen molar-refractivity contribution < 1.29 is 8.78 Å². The first-order valence-electron chi connectivity index (χ1n) is 4.43. The smallest absolute Gasteiger partial charge is 0.267 e. The summed E-state index contributed by atoms with van der Waals surface area (Å²) in [6.07, 6.45) is 1.33. The molecule has 0 amide bonds. The first-order chi connectivity index (χ1) is 7.61. The molecule has 0 spiro atoms. The Labute approximate surface area is 94.5 Å². The lowest BCUT2D eigenvalue weighted by atomic mass is 10.1. The molecule has 1 N–H and O–H groups in total. The van der Waals surface area contributed by atoms with E-state index in [-0.39, 0.29) is 16.1 Å². The van der Waals surface area contributed by atoms with Crippen LogP contribution in [0.5, 0.6) is 0 Å². The summed E-state index contributed by atoms with van der Waals surface area (Å²) in [6.45, 7) is 0. The van der Waals surface area contributed by atoms with Crippen LogP contribution < -0.4 is 5.56 Å². The van der Waals surface area contributed by atoms with Gasteiger partial charge in [-0.1, -0.05) is 23.7 Å². The van der Waals surface area contributed by atoms with E-state index in [9.17, 15) is 13.6 Å². The van der Waals surface area contributed by atoms with Crippen molar-refractivity contribution in [2.45, 2.75) is 0 Å². The third kappa shape index (κ3) is 1.72. The van der Waals surface area contributed by atoms with Gasteiger partial charge in [-0.2, -0.15) is 0 Å². The summed E-state index contributed by atoms with van der Waals surface area (Å²) in [4.78, 5) is 13.5. The van der Waals surface area contributed by atoms with E-state index < -0.39 is 17.2 Å². The summed E-state index contributed by atoms with van der Waals surface area (Å²) >= 11 is 5.72. The number of hydrogen-bond acceptors (Lipinski definition) is 1. The molecule has 0 fully saturated rings. The molecule has 2 rings (SSSR count). The van der Waals surface area contributed by atoms with E-state index in [1.54, 1.807) is 0 Å². The fourth-order valence-electron chi connectivity index (χ4n) is 1.38. The highest BCUT2D eigenvalue weighted by molar-refractivity contribution is 6.33. The quantitative estimate of drug-likeness (QED) is 0.818. The lowest BCUT2D eigenvalue weighted by Gasteiger charge is -2.05. The van der Waals surface area contributed by atoms with Crippen molar-refractivity contribution in [1.29, 1.82) is 0 Å². The number of H-pyrrole nitrogens is 1. The van der Waals surface area contributed by atoms with Gasteiger partial charge in [-0.25, -0.2) is 8.78 Å². The van der Waals surface area contributed by atoms with Gasteiger partial charge in [0.15, 0.2) is 11.6 Å². The van der Waals surface area contributed by atoms with Crippen LogP contribution in [0.25, 0.3) is 11.1 Å². The maximum atomic E-state index is 13.5. The number of nitrogens with one attached hydrogen (secondary N) is 1. The van der Waals surface area contributed by atoms with Crippen molar-refractivity contribution in [3.63, 3.8) is 0 Å². The molecule has 5 heteroatoms. The molecule has 0 bridgehead atoms. The van der Waals surface area contributed by atoms with Crippen molar-refractivity contribution in [2.24, 2.45) is 0 Å². The van der Waals surface area contributed by atoms with Crippen molar-refractivity contribution in [3.05, 3.63) is 57.5 Å². The molecule has 2 nitrogen and oxygen atoms in total. The van der Waals surface area contributed by atoms with E-state index in [0.29, 0.717) is 0 Å². The van der Waals surface area contributed by atoms with Crippen molar-refractivity contribution >= 4 is 11.6 Å². The second-order valence-electron chi connectivity index (χ2n) is 3.14. The number of pyridine rings is 1. The van der Waals surface area contributed by atoms with Crippen LogP contribution in [0, 0.1) is 11.6 Å². The van der Waals surface area contributed by atoms with E-state index in [0.717, 1.165) is 6.07 Å². The third-order valence-electron chi connectivity index (χ3n) is 2.14.